The van der Waals surface area contributed by atoms with E-state index in [4.69, 9.17) is 4.74 Å². The summed E-state index contributed by atoms with van der Waals surface area (Å²) in [6.07, 6.45) is 4.33. The van der Waals surface area contributed by atoms with Crippen molar-refractivity contribution in [2.45, 2.75) is 38.7 Å². The van der Waals surface area contributed by atoms with Crippen molar-refractivity contribution in [2.75, 3.05) is 11.9 Å². The lowest BCUT2D eigenvalue weighted by molar-refractivity contribution is -0.123. The summed E-state index contributed by atoms with van der Waals surface area (Å²) in [6, 6.07) is 3.88. The van der Waals surface area contributed by atoms with Crippen molar-refractivity contribution in [1.29, 1.82) is 0 Å². The maximum atomic E-state index is 13.4. The number of carbonyl (C=O) groups is 1. The molecule has 1 aliphatic carbocycles. The van der Waals surface area contributed by atoms with Gasteiger partial charge < -0.3 is 15.2 Å². The van der Waals surface area contributed by atoms with Gasteiger partial charge in [0.25, 0.3) is 5.91 Å². The molecule has 0 bridgehead atoms. The third-order valence-electron chi connectivity index (χ3n) is 3.59. The normalized spacial score (nSPS) is 22.5. The Morgan fingerprint density at radius 1 is 1.50 bits per heavy atom. The maximum absolute atomic E-state index is 13.4. The van der Waals surface area contributed by atoms with Crippen LogP contribution in [0, 0.1) is 11.7 Å². The van der Waals surface area contributed by atoms with Crippen molar-refractivity contribution < 1.29 is 19.0 Å². The molecular weight excluding hydrogens is 261 g/mol. The number of carbonyl (C=O) groups excluding carboxylic acids is 1. The number of aromatic hydroxyl groups is 1. The predicted octanol–water partition coefficient (Wildman–Crippen LogP) is 3.07. The van der Waals surface area contributed by atoms with Gasteiger partial charge in [-0.15, -0.1) is 0 Å². The van der Waals surface area contributed by atoms with Crippen LogP contribution in [0.4, 0.5) is 10.1 Å². The second kappa shape index (κ2) is 6.70. The minimum absolute atomic E-state index is 0.0960. The van der Waals surface area contributed by atoms with Crippen molar-refractivity contribution in [3.8, 4) is 5.75 Å². The van der Waals surface area contributed by atoms with Crippen LogP contribution in [0.3, 0.4) is 0 Å². The summed E-state index contributed by atoms with van der Waals surface area (Å²) in [5, 5.41) is 11.8. The molecule has 1 aromatic rings. The van der Waals surface area contributed by atoms with E-state index in [9.17, 15) is 14.3 Å². The molecule has 0 spiro atoms. The van der Waals surface area contributed by atoms with Gasteiger partial charge in [0.05, 0.1) is 6.10 Å². The first-order valence-electron chi connectivity index (χ1n) is 6.95. The average molecular weight is 281 g/mol. The molecule has 110 valence electrons. The van der Waals surface area contributed by atoms with Crippen LogP contribution in [0.25, 0.3) is 0 Å². The number of benzene rings is 1. The van der Waals surface area contributed by atoms with Gasteiger partial charge in [-0.3, -0.25) is 4.79 Å². The Labute approximate surface area is 117 Å². The Morgan fingerprint density at radius 2 is 2.30 bits per heavy atom. The highest BCUT2D eigenvalue weighted by atomic mass is 19.1. The number of para-hydroxylation sites is 1. The second-order valence-electron chi connectivity index (χ2n) is 5.39. The molecule has 0 saturated heterocycles. The molecule has 5 heteroatoms. The fourth-order valence-corrected chi connectivity index (χ4v) is 2.54. The van der Waals surface area contributed by atoms with Gasteiger partial charge in [0.2, 0.25) is 0 Å². The van der Waals surface area contributed by atoms with Crippen molar-refractivity contribution in [3.05, 3.63) is 24.0 Å². The summed E-state index contributed by atoms with van der Waals surface area (Å²) in [5.41, 5.74) is -0.196. The molecule has 0 unspecified atom stereocenters. The van der Waals surface area contributed by atoms with Gasteiger partial charge in [-0.25, -0.2) is 4.39 Å². The lowest BCUT2D eigenvalue weighted by Gasteiger charge is -2.26. The number of anilines is 1. The highest BCUT2D eigenvalue weighted by molar-refractivity contribution is 5.93. The first-order valence-corrected chi connectivity index (χ1v) is 6.95. The highest BCUT2D eigenvalue weighted by Gasteiger charge is 2.20. The SMILES string of the molecule is C[C@H]1CCC[C@H](OCC(=O)Nc2c(O)cccc2F)C1. The fraction of sp³-hybridized carbons (Fsp3) is 0.533. The number of rotatable bonds is 4. The molecular formula is C15H20FNO3. The van der Waals surface area contributed by atoms with Gasteiger partial charge in [-0.05, 0) is 30.9 Å². The molecule has 2 rings (SSSR count). The largest absolute Gasteiger partial charge is 0.506 e. The standard InChI is InChI=1S/C15H20FNO3/c1-10-4-2-5-11(8-10)20-9-14(19)17-15-12(16)6-3-7-13(15)18/h3,6-7,10-11,18H,2,4-5,8-9H2,1H3,(H,17,19)/t10-,11-/m0/s1. The highest BCUT2D eigenvalue weighted by Crippen LogP contribution is 2.27. The zero-order chi connectivity index (χ0) is 14.5. The summed E-state index contributed by atoms with van der Waals surface area (Å²) in [5.74, 6) is -0.787. The predicted molar refractivity (Wildman–Crippen MR) is 74.1 cm³/mol. The van der Waals surface area contributed by atoms with Gasteiger partial charge in [-0.1, -0.05) is 25.8 Å². The van der Waals surface area contributed by atoms with Gasteiger partial charge in [0.15, 0.2) is 5.82 Å². The molecule has 4 nitrogen and oxygen atoms in total. The number of hydrogen-bond acceptors (Lipinski definition) is 3. The number of amides is 1. The third kappa shape index (κ3) is 3.93. The number of phenols is 1. The van der Waals surface area contributed by atoms with Crippen molar-refractivity contribution in [1.82, 2.24) is 0 Å². The van der Waals surface area contributed by atoms with Crippen LogP contribution >= 0.6 is 0 Å². The molecule has 0 aliphatic heterocycles. The molecule has 1 aromatic carbocycles. The van der Waals surface area contributed by atoms with Crippen LogP contribution in [-0.2, 0) is 9.53 Å². The van der Waals surface area contributed by atoms with E-state index in [0.717, 1.165) is 19.3 Å². The van der Waals surface area contributed by atoms with Gasteiger partial charge in [0.1, 0.15) is 18.0 Å². The Kier molecular flexibility index (Phi) is 4.95. The molecule has 20 heavy (non-hydrogen) atoms. The number of ether oxygens (including phenoxy) is 1. The summed E-state index contributed by atoms with van der Waals surface area (Å²) in [7, 11) is 0. The smallest absolute Gasteiger partial charge is 0.250 e. The monoisotopic (exact) mass is 281 g/mol. The Hall–Kier alpha value is -1.62. The number of hydrogen-bond donors (Lipinski definition) is 2. The van der Waals surface area contributed by atoms with Gasteiger partial charge in [0, 0.05) is 0 Å². The van der Waals surface area contributed by atoms with E-state index < -0.39 is 11.7 Å². The van der Waals surface area contributed by atoms with Crippen molar-refractivity contribution in [2.24, 2.45) is 5.92 Å². The van der Waals surface area contributed by atoms with Crippen LogP contribution in [0.5, 0.6) is 5.75 Å². The van der Waals surface area contributed by atoms with E-state index in [2.05, 4.69) is 12.2 Å². The van der Waals surface area contributed by atoms with Crippen molar-refractivity contribution >= 4 is 11.6 Å². The van der Waals surface area contributed by atoms with E-state index in [0.29, 0.717) is 5.92 Å². The minimum atomic E-state index is -0.662. The Morgan fingerprint density at radius 3 is 3.00 bits per heavy atom. The molecule has 0 heterocycles. The molecule has 0 aromatic heterocycles. The molecule has 1 fully saturated rings. The summed E-state index contributed by atoms with van der Waals surface area (Å²) < 4.78 is 19.0. The lowest BCUT2D eigenvalue weighted by atomic mass is 9.89. The number of phenolic OH excluding ortho intramolecular Hbond substituents is 1. The van der Waals surface area contributed by atoms with Crippen LogP contribution in [0.2, 0.25) is 0 Å². The molecule has 2 N–H and O–H groups in total. The molecule has 1 amide bonds. The van der Waals surface area contributed by atoms with E-state index >= 15 is 0 Å². The van der Waals surface area contributed by atoms with Gasteiger partial charge >= 0.3 is 0 Å². The minimum Gasteiger partial charge on any atom is -0.506 e. The summed E-state index contributed by atoms with van der Waals surface area (Å²) in [6.45, 7) is 2.05. The first-order chi connectivity index (χ1) is 9.56. The van der Waals surface area contributed by atoms with E-state index in [1.54, 1.807) is 0 Å². The summed E-state index contributed by atoms with van der Waals surface area (Å²) in [4.78, 5) is 11.7. The van der Waals surface area contributed by atoms with Crippen molar-refractivity contribution in [3.63, 3.8) is 0 Å². The summed E-state index contributed by atoms with van der Waals surface area (Å²) >= 11 is 0. The van der Waals surface area contributed by atoms with E-state index in [1.165, 1.54) is 24.6 Å². The van der Waals surface area contributed by atoms with E-state index in [-0.39, 0.29) is 24.1 Å². The lowest BCUT2D eigenvalue weighted by Crippen LogP contribution is -2.27. The third-order valence-corrected chi connectivity index (χ3v) is 3.59. The van der Waals surface area contributed by atoms with Crippen LogP contribution in [0.15, 0.2) is 18.2 Å². The van der Waals surface area contributed by atoms with Crippen LogP contribution in [0.1, 0.15) is 32.6 Å². The molecule has 1 saturated carbocycles. The Balaban J connectivity index is 1.83. The zero-order valence-corrected chi connectivity index (χ0v) is 11.6. The number of nitrogens with one attached hydrogen (secondary N) is 1. The average Bonchev–Trinajstić information content (AvgIpc) is 2.41. The van der Waals surface area contributed by atoms with Gasteiger partial charge in [-0.2, -0.15) is 0 Å². The second-order valence-corrected chi connectivity index (χ2v) is 5.39. The van der Waals surface area contributed by atoms with Crippen LogP contribution < -0.4 is 5.32 Å². The maximum Gasteiger partial charge on any atom is 0.250 e. The molecule has 0 radical (unpaired) electrons. The van der Waals surface area contributed by atoms with E-state index in [1.807, 2.05) is 0 Å². The zero-order valence-electron chi connectivity index (χ0n) is 11.6. The fourth-order valence-electron chi connectivity index (χ4n) is 2.54. The van der Waals surface area contributed by atoms with Crippen LogP contribution in [-0.4, -0.2) is 23.7 Å². The Bertz CT molecular complexity index is 458. The molecule has 2 atom stereocenters. The first kappa shape index (κ1) is 14.8. The topological polar surface area (TPSA) is 58.6 Å². The number of halogens is 1. The quantitative estimate of drug-likeness (QED) is 0.834. The molecule has 1 aliphatic rings.